The van der Waals surface area contributed by atoms with Crippen LogP contribution in [0.3, 0.4) is 0 Å². The normalized spacial score (nSPS) is 13.6. The second kappa shape index (κ2) is 3.97. The van der Waals surface area contributed by atoms with Crippen LogP contribution in [0.25, 0.3) is 11.0 Å². The molecule has 5 heteroatoms. The summed E-state index contributed by atoms with van der Waals surface area (Å²) in [6.07, 6.45) is 1.97. The minimum absolute atomic E-state index is 0.0758. The molecule has 0 spiro atoms. The molecule has 0 aliphatic carbocycles. The van der Waals surface area contributed by atoms with Gasteiger partial charge in [0.15, 0.2) is 0 Å². The fraction of sp³-hybridized carbons (Fsp3) is 0.455. The molecule has 2 aromatic heterocycles. The molecule has 0 radical (unpaired) electrons. The van der Waals surface area contributed by atoms with Crippen LogP contribution in [0.2, 0.25) is 0 Å². The van der Waals surface area contributed by atoms with Crippen molar-refractivity contribution >= 4 is 29.6 Å². The van der Waals surface area contributed by atoms with Crippen molar-refractivity contribution in [2.24, 2.45) is 0 Å². The smallest absolute Gasteiger partial charge is 0.222 e. The SMILES string of the molecule is CC(C)c1nc(N)nc2c1ccn2[C@H](C)S. The average Bonchev–Trinajstić information content (AvgIpc) is 2.59. The highest BCUT2D eigenvalue weighted by Crippen LogP contribution is 2.27. The molecular formula is C11H16N4S. The van der Waals surface area contributed by atoms with E-state index in [4.69, 9.17) is 5.73 Å². The molecule has 0 aromatic carbocycles. The molecule has 0 amide bonds. The van der Waals surface area contributed by atoms with Gasteiger partial charge in [0.25, 0.3) is 0 Å². The lowest BCUT2D eigenvalue weighted by atomic mass is 10.1. The van der Waals surface area contributed by atoms with Crippen molar-refractivity contribution in [1.82, 2.24) is 14.5 Å². The summed E-state index contributed by atoms with van der Waals surface area (Å²) in [6.45, 7) is 6.20. The van der Waals surface area contributed by atoms with E-state index in [-0.39, 0.29) is 5.37 Å². The first kappa shape index (κ1) is 11.3. The third-order valence-electron chi connectivity index (χ3n) is 2.57. The number of rotatable bonds is 2. The quantitative estimate of drug-likeness (QED) is 0.788. The number of fused-ring (bicyclic) bond motifs is 1. The maximum Gasteiger partial charge on any atom is 0.222 e. The van der Waals surface area contributed by atoms with Gasteiger partial charge in [0.05, 0.1) is 11.1 Å². The maximum atomic E-state index is 5.73. The van der Waals surface area contributed by atoms with Crippen LogP contribution in [0.4, 0.5) is 5.95 Å². The van der Waals surface area contributed by atoms with Crippen molar-refractivity contribution in [2.45, 2.75) is 32.1 Å². The molecule has 0 aliphatic heterocycles. The van der Waals surface area contributed by atoms with Gasteiger partial charge in [-0.15, -0.1) is 0 Å². The van der Waals surface area contributed by atoms with Crippen LogP contribution in [0.15, 0.2) is 12.3 Å². The Kier molecular flexibility index (Phi) is 2.80. The standard InChI is InChI=1S/C11H16N4S/c1-6(2)9-8-4-5-15(7(3)16)10(8)14-11(12)13-9/h4-7,16H,1-3H3,(H2,12,13,14)/t7-/m0/s1. The van der Waals surface area contributed by atoms with E-state index in [2.05, 4.69) is 36.4 Å². The van der Waals surface area contributed by atoms with Crippen LogP contribution in [0.1, 0.15) is 37.8 Å². The fourth-order valence-electron chi connectivity index (χ4n) is 1.82. The molecule has 2 aromatic rings. The van der Waals surface area contributed by atoms with E-state index >= 15 is 0 Å². The Balaban J connectivity index is 2.75. The zero-order valence-electron chi connectivity index (χ0n) is 9.68. The molecule has 1 atom stereocenters. The summed E-state index contributed by atoms with van der Waals surface area (Å²) >= 11 is 4.41. The van der Waals surface area contributed by atoms with E-state index in [1.165, 1.54) is 0 Å². The molecule has 4 nitrogen and oxygen atoms in total. The summed E-state index contributed by atoms with van der Waals surface area (Å²) < 4.78 is 1.99. The number of nitrogens with two attached hydrogens (primary N) is 1. The Morgan fingerprint density at radius 3 is 2.56 bits per heavy atom. The van der Waals surface area contributed by atoms with Gasteiger partial charge < -0.3 is 10.3 Å². The number of aromatic nitrogens is 3. The zero-order valence-corrected chi connectivity index (χ0v) is 10.6. The van der Waals surface area contributed by atoms with E-state index < -0.39 is 0 Å². The second-order valence-corrected chi connectivity index (χ2v) is 4.96. The molecule has 0 unspecified atom stereocenters. The van der Waals surface area contributed by atoms with Gasteiger partial charge in [-0.05, 0) is 18.9 Å². The number of thiol groups is 1. The van der Waals surface area contributed by atoms with Crippen molar-refractivity contribution in [3.63, 3.8) is 0 Å². The van der Waals surface area contributed by atoms with Crippen molar-refractivity contribution in [2.75, 3.05) is 5.73 Å². The Labute approximate surface area is 100 Å². The summed E-state index contributed by atoms with van der Waals surface area (Å²) in [5.74, 6) is 0.656. The van der Waals surface area contributed by atoms with Crippen molar-refractivity contribution in [1.29, 1.82) is 0 Å². The van der Waals surface area contributed by atoms with Gasteiger partial charge in [-0.25, -0.2) is 4.98 Å². The Morgan fingerprint density at radius 1 is 1.31 bits per heavy atom. The number of nitrogen functional groups attached to an aromatic ring is 1. The third-order valence-corrected chi connectivity index (χ3v) is 2.82. The van der Waals surface area contributed by atoms with Gasteiger partial charge in [-0.3, -0.25) is 0 Å². The molecule has 0 fully saturated rings. The Hall–Kier alpha value is -1.23. The number of nitrogens with zero attached hydrogens (tertiary/aromatic N) is 3. The molecule has 0 saturated carbocycles. The topological polar surface area (TPSA) is 56.7 Å². The van der Waals surface area contributed by atoms with Crippen LogP contribution in [0.5, 0.6) is 0 Å². The van der Waals surface area contributed by atoms with E-state index in [0.29, 0.717) is 11.9 Å². The predicted molar refractivity (Wildman–Crippen MR) is 69.7 cm³/mol. The highest BCUT2D eigenvalue weighted by Gasteiger charge is 2.14. The molecule has 0 aliphatic rings. The molecule has 16 heavy (non-hydrogen) atoms. The molecule has 2 N–H and O–H groups in total. The van der Waals surface area contributed by atoms with E-state index in [9.17, 15) is 0 Å². The van der Waals surface area contributed by atoms with Crippen LogP contribution < -0.4 is 5.73 Å². The van der Waals surface area contributed by atoms with Crippen molar-refractivity contribution in [3.05, 3.63) is 18.0 Å². The fourth-order valence-corrected chi connectivity index (χ4v) is 2.00. The summed E-state index contributed by atoms with van der Waals surface area (Å²) in [4.78, 5) is 8.58. The molecule has 2 heterocycles. The van der Waals surface area contributed by atoms with E-state index in [1.807, 2.05) is 23.8 Å². The Morgan fingerprint density at radius 2 is 2.00 bits per heavy atom. The summed E-state index contributed by atoms with van der Waals surface area (Å²) in [5.41, 5.74) is 7.59. The van der Waals surface area contributed by atoms with Gasteiger partial charge in [-0.1, -0.05) is 13.8 Å². The highest BCUT2D eigenvalue weighted by atomic mass is 32.1. The average molecular weight is 236 g/mol. The third kappa shape index (κ3) is 1.75. The largest absolute Gasteiger partial charge is 0.368 e. The lowest BCUT2D eigenvalue weighted by Crippen LogP contribution is -2.05. The predicted octanol–water partition coefficient (Wildman–Crippen LogP) is 2.59. The second-order valence-electron chi connectivity index (χ2n) is 4.21. The van der Waals surface area contributed by atoms with Crippen LogP contribution in [0, 0.1) is 0 Å². The number of anilines is 1. The van der Waals surface area contributed by atoms with Gasteiger partial charge in [-0.2, -0.15) is 17.6 Å². The van der Waals surface area contributed by atoms with E-state index in [1.54, 1.807) is 0 Å². The zero-order chi connectivity index (χ0) is 11.9. The van der Waals surface area contributed by atoms with Crippen LogP contribution in [-0.2, 0) is 0 Å². The summed E-state index contributed by atoms with van der Waals surface area (Å²) in [6, 6.07) is 2.02. The molecule has 86 valence electrons. The van der Waals surface area contributed by atoms with E-state index in [0.717, 1.165) is 16.7 Å². The Bertz CT molecular complexity index is 516. The van der Waals surface area contributed by atoms with Crippen LogP contribution in [-0.4, -0.2) is 14.5 Å². The van der Waals surface area contributed by atoms with Gasteiger partial charge >= 0.3 is 0 Å². The summed E-state index contributed by atoms with van der Waals surface area (Å²) in [5, 5.41) is 1.14. The minimum Gasteiger partial charge on any atom is -0.368 e. The number of hydrogen-bond acceptors (Lipinski definition) is 4. The molecule has 0 bridgehead atoms. The van der Waals surface area contributed by atoms with Crippen LogP contribution >= 0.6 is 12.6 Å². The maximum absolute atomic E-state index is 5.73. The van der Waals surface area contributed by atoms with Gasteiger partial charge in [0, 0.05) is 11.6 Å². The highest BCUT2D eigenvalue weighted by molar-refractivity contribution is 7.80. The first-order chi connectivity index (χ1) is 7.50. The first-order valence-corrected chi connectivity index (χ1v) is 5.84. The van der Waals surface area contributed by atoms with Gasteiger partial charge in [0.2, 0.25) is 5.95 Å². The minimum atomic E-state index is 0.0758. The van der Waals surface area contributed by atoms with Crippen molar-refractivity contribution in [3.8, 4) is 0 Å². The summed E-state index contributed by atoms with van der Waals surface area (Å²) in [7, 11) is 0. The number of hydrogen-bond donors (Lipinski definition) is 2. The molecule has 2 rings (SSSR count). The lowest BCUT2D eigenvalue weighted by molar-refractivity contribution is 0.766. The molecule has 0 saturated heterocycles. The van der Waals surface area contributed by atoms with Gasteiger partial charge in [0.1, 0.15) is 5.65 Å². The first-order valence-electron chi connectivity index (χ1n) is 5.32. The van der Waals surface area contributed by atoms with Crippen molar-refractivity contribution < 1.29 is 0 Å². The molecular weight excluding hydrogens is 220 g/mol. The monoisotopic (exact) mass is 236 g/mol. The lowest BCUT2D eigenvalue weighted by Gasteiger charge is -2.10.